The maximum absolute atomic E-state index is 4.74. The highest BCUT2D eigenvalue weighted by molar-refractivity contribution is 7.83. The smallest absolute Gasteiger partial charge is 0.379 e. The molecule has 0 aromatic heterocycles. The molecule has 0 rings (SSSR count). The average Bonchev–Trinajstić information content (AvgIpc) is 2.08. The van der Waals surface area contributed by atoms with Crippen LogP contribution >= 0.6 is 12.6 Å². The summed E-state index contributed by atoms with van der Waals surface area (Å²) in [6, 6.07) is 0. The fourth-order valence-corrected chi connectivity index (χ4v) is 0.866. The van der Waals surface area contributed by atoms with Crippen molar-refractivity contribution in [3.05, 3.63) is 11.5 Å². The minimum Gasteiger partial charge on any atom is -0.379 e. The minimum absolute atomic E-state index is 1.57. The number of rotatable bonds is 3. The van der Waals surface area contributed by atoms with Gasteiger partial charge in [-0.05, 0) is 12.3 Å². The van der Waals surface area contributed by atoms with E-state index in [1.807, 2.05) is 13.0 Å². The van der Waals surface area contributed by atoms with Crippen LogP contribution in [0.4, 0.5) is 0 Å². The molecule has 0 aromatic rings. The van der Waals surface area contributed by atoms with Gasteiger partial charge in [-0.15, -0.1) is 0 Å². The largest absolute Gasteiger partial charge is 0.483 e. The Bertz CT molecular complexity index is 76.4. The third-order valence-corrected chi connectivity index (χ3v) is 2.18. The first-order valence-corrected chi connectivity index (χ1v) is 5.03. The lowest BCUT2D eigenvalue weighted by molar-refractivity contribution is 0.163. The molecule has 0 saturated heterocycles. The molecule has 0 bridgehead atoms. The van der Waals surface area contributed by atoms with E-state index in [9.17, 15) is 0 Å². The predicted octanol–water partition coefficient (Wildman–Crippen LogP) is 1.09. The topological polar surface area (TPSA) is 27.7 Å². The van der Waals surface area contributed by atoms with Crippen molar-refractivity contribution in [3.8, 4) is 0 Å². The van der Waals surface area contributed by atoms with Crippen molar-refractivity contribution in [1.29, 1.82) is 0 Å². The maximum Gasteiger partial charge on any atom is 0.483 e. The molecule has 0 aliphatic rings. The lowest BCUT2D eigenvalue weighted by Crippen LogP contribution is -2.21. The maximum atomic E-state index is 4.74. The molecule has 11 heavy (non-hydrogen) atoms. The molecule has 0 unspecified atom stereocenters. The molecule has 0 aliphatic heterocycles. The van der Waals surface area contributed by atoms with Gasteiger partial charge in [-0.25, -0.2) is 0 Å². The van der Waals surface area contributed by atoms with E-state index >= 15 is 0 Å². The number of hydrogen-bond acceptors (Lipinski definition) is 4. The zero-order valence-corrected chi connectivity index (χ0v) is 9.45. The van der Waals surface area contributed by atoms with Crippen LogP contribution in [0.25, 0.3) is 0 Å². The Morgan fingerprint density at radius 1 is 1.09 bits per heavy atom. The highest BCUT2D eigenvalue weighted by atomic mass is 32.1. The Morgan fingerprint density at radius 3 is 1.36 bits per heavy atom. The fraction of sp³-hybridized carbons (Fsp3) is 0.667. The van der Waals surface area contributed by atoms with Gasteiger partial charge in [0.25, 0.3) is 0 Å². The first kappa shape index (κ1) is 13.8. The highest BCUT2D eigenvalue weighted by Crippen LogP contribution is 1.81. The molecule has 0 aliphatic carbocycles. The quantitative estimate of drug-likeness (QED) is 0.541. The van der Waals surface area contributed by atoms with Crippen molar-refractivity contribution >= 4 is 22.2 Å². The normalized spacial score (nSPS) is 10.0. The van der Waals surface area contributed by atoms with Crippen LogP contribution in [0.3, 0.4) is 0 Å². The molecule has 0 fully saturated rings. The lowest BCUT2D eigenvalue weighted by atomic mass is 10.8. The second-order valence-electron chi connectivity index (χ2n) is 1.48. The number of hydrogen-bond donors (Lipinski definition) is 1. The van der Waals surface area contributed by atoms with Crippen LogP contribution in [0.1, 0.15) is 6.92 Å². The Kier molecular flexibility index (Phi) is 16.0. The molecule has 0 amide bonds. The standard InChI is InChI=1S/C3H10O3Si.C3H6S/c1-4-7(5-2)6-3;1-2-3-4/h7H,1-3H3;2-4H,1H3/b;3-2+. The zero-order chi connectivity index (χ0) is 9.11. The van der Waals surface area contributed by atoms with Crippen LogP contribution in [0.15, 0.2) is 11.5 Å². The van der Waals surface area contributed by atoms with Gasteiger partial charge >= 0.3 is 9.53 Å². The summed E-state index contributed by atoms with van der Waals surface area (Å²) in [5.41, 5.74) is 0. The van der Waals surface area contributed by atoms with Crippen LogP contribution < -0.4 is 0 Å². The molecular formula is C6H16O3SSi. The molecule has 5 heteroatoms. The number of allylic oxidation sites excluding steroid dienone is 1. The van der Waals surface area contributed by atoms with E-state index in [0.717, 1.165) is 0 Å². The van der Waals surface area contributed by atoms with E-state index in [1.54, 1.807) is 26.7 Å². The van der Waals surface area contributed by atoms with E-state index in [4.69, 9.17) is 13.3 Å². The summed E-state index contributed by atoms with van der Waals surface area (Å²) in [4.78, 5) is 0. The van der Waals surface area contributed by atoms with Crippen LogP contribution in [0, 0.1) is 0 Å². The lowest BCUT2D eigenvalue weighted by Gasteiger charge is -2.05. The van der Waals surface area contributed by atoms with E-state index in [-0.39, 0.29) is 0 Å². The van der Waals surface area contributed by atoms with E-state index in [2.05, 4.69) is 12.6 Å². The van der Waals surface area contributed by atoms with E-state index in [1.165, 1.54) is 0 Å². The minimum atomic E-state index is -1.67. The monoisotopic (exact) mass is 196 g/mol. The fourth-order valence-electron chi connectivity index (χ4n) is 0.289. The Hall–Kier alpha value is 0.187. The van der Waals surface area contributed by atoms with Gasteiger partial charge in [0.1, 0.15) is 0 Å². The SMILES string of the molecule is C/C=C/S.CO[SiH](OC)OC. The highest BCUT2D eigenvalue weighted by Gasteiger charge is 2.04. The van der Waals surface area contributed by atoms with Gasteiger partial charge in [0, 0.05) is 21.3 Å². The van der Waals surface area contributed by atoms with Gasteiger partial charge in [-0.1, -0.05) is 6.08 Å². The Balaban J connectivity index is 0. The molecular weight excluding hydrogens is 180 g/mol. The Morgan fingerprint density at radius 2 is 1.36 bits per heavy atom. The van der Waals surface area contributed by atoms with E-state index < -0.39 is 9.53 Å². The third kappa shape index (κ3) is 13.2. The van der Waals surface area contributed by atoms with Crippen molar-refractivity contribution in [1.82, 2.24) is 0 Å². The van der Waals surface area contributed by atoms with Crippen LogP contribution in [0.2, 0.25) is 0 Å². The summed E-state index contributed by atoms with van der Waals surface area (Å²) in [6.07, 6.45) is 1.86. The molecule has 0 aromatic carbocycles. The zero-order valence-electron chi connectivity index (χ0n) is 7.40. The van der Waals surface area contributed by atoms with Crippen LogP contribution in [-0.2, 0) is 13.3 Å². The number of thiol groups is 1. The summed E-state index contributed by atoms with van der Waals surface area (Å²) < 4.78 is 14.2. The van der Waals surface area contributed by atoms with Crippen LogP contribution in [-0.4, -0.2) is 30.9 Å². The molecule has 68 valence electrons. The van der Waals surface area contributed by atoms with Gasteiger partial charge in [0.2, 0.25) is 0 Å². The molecule has 0 N–H and O–H groups in total. The first-order chi connectivity index (χ1) is 5.26. The average molecular weight is 196 g/mol. The second kappa shape index (κ2) is 12.8. The summed E-state index contributed by atoms with van der Waals surface area (Å²) in [7, 11) is 3.05. The van der Waals surface area contributed by atoms with Crippen molar-refractivity contribution in [2.24, 2.45) is 0 Å². The van der Waals surface area contributed by atoms with Gasteiger partial charge < -0.3 is 13.3 Å². The van der Waals surface area contributed by atoms with Gasteiger partial charge in [0.05, 0.1) is 0 Å². The molecule has 0 saturated carbocycles. The summed E-state index contributed by atoms with van der Waals surface area (Å²) in [5.74, 6) is 0. The van der Waals surface area contributed by atoms with Crippen LogP contribution in [0.5, 0.6) is 0 Å². The van der Waals surface area contributed by atoms with Crippen molar-refractivity contribution in [2.45, 2.75) is 6.92 Å². The van der Waals surface area contributed by atoms with Crippen molar-refractivity contribution in [3.63, 3.8) is 0 Å². The second-order valence-corrected chi connectivity index (χ2v) is 3.77. The third-order valence-electron chi connectivity index (χ3n) is 0.726. The first-order valence-electron chi connectivity index (χ1n) is 3.10. The Labute approximate surface area is 75.7 Å². The molecule has 3 nitrogen and oxygen atoms in total. The predicted molar refractivity (Wildman–Crippen MR) is 52.0 cm³/mol. The molecule has 0 spiro atoms. The van der Waals surface area contributed by atoms with E-state index in [0.29, 0.717) is 0 Å². The molecule has 0 radical (unpaired) electrons. The van der Waals surface area contributed by atoms with Crippen molar-refractivity contribution < 1.29 is 13.3 Å². The van der Waals surface area contributed by atoms with Gasteiger partial charge in [-0.2, -0.15) is 12.6 Å². The summed E-state index contributed by atoms with van der Waals surface area (Å²) in [6.45, 7) is 1.92. The summed E-state index contributed by atoms with van der Waals surface area (Å²) >= 11 is 3.74. The van der Waals surface area contributed by atoms with Crippen molar-refractivity contribution in [2.75, 3.05) is 21.3 Å². The molecule has 0 heterocycles. The summed E-state index contributed by atoms with van der Waals surface area (Å²) in [5, 5.41) is 1.69. The molecule has 0 atom stereocenters. The van der Waals surface area contributed by atoms with Gasteiger partial charge in [-0.3, -0.25) is 0 Å². The van der Waals surface area contributed by atoms with Gasteiger partial charge in [0.15, 0.2) is 0 Å².